The summed E-state index contributed by atoms with van der Waals surface area (Å²) in [6.07, 6.45) is 1.00. The molecule has 0 saturated heterocycles. The van der Waals surface area contributed by atoms with Gasteiger partial charge in [0.25, 0.3) is 0 Å². The van der Waals surface area contributed by atoms with E-state index in [0.29, 0.717) is 11.7 Å². The van der Waals surface area contributed by atoms with Crippen molar-refractivity contribution >= 4 is 38.3 Å². The second kappa shape index (κ2) is 5.98. The Morgan fingerprint density at radius 3 is 2.29 bits per heavy atom. The third kappa shape index (κ3) is 2.49. The molecule has 2 aromatic heterocycles. The fraction of sp³-hybridized carbons (Fsp3) is 0.211. The molecule has 0 aliphatic heterocycles. The van der Waals surface area contributed by atoms with Gasteiger partial charge < -0.3 is 4.57 Å². The van der Waals surface area contributed by atoms with Crippen LogP contribution in [0.5, 0.6) is 0 Å². The number of para-hydroxylation sites is 2. The minimum atomic E-state index is 0.295. The molecule has 1 atom stereocenters. The van der Waals surface area contributed by atoms with Crippen molar-refractivity contribution in [3.8, 4) is 11.4 Å². The smallest absolute Gasteiger partial charge is 0.198 e. The summed E-state index contributed by atoms with van der Waals surface area (Å²) in [6, 6.07) is 16.4. The fourth-order valence-electron chi connectivity index (χ4n) is 2.88. The lowest BCUT2D eigenvalue weighted by Crippen LogP contribution is -2.07. The van der Waals surface area contributed by atoms with Crippen molar-refractivity contribution in [1.29, 1.82) is 0 Å². The minimum absolute atomic E-state index is 0.295. The van der Waals surface area contributed by atoms with Gasteiger partial charge in [-0.05, 0) is 37.6 Å². The summed E-state index contributed by atoms with van der Waals surface area (Å²) < 4.78 is 3.26. The van der Waals surface area contributed by atoms with Crippen molar-refractivity contribution in [1.82, 2.24) is 19.5 Å². The van der Waals surface area contributed by atoms with Crippen LogP contribution >= 0.6 is 15.9 Å². The fourth-order valence-corrected chi connectivity index (χ4v) is 3.14. The molecule has 4 aromatic rings. The van der Waals surface area contributed by atoms with E-state index in [0.717, 1.165) is 39.0 Å². The first-order valence-electron chi connectivity index (χ1n) is 8.08. The monoisotopic (exact) mass is 380 g/mol. The maximum atomic E-state index is 4.84. The van der Waals surface area contributed by atoms with E-state index in [1.807, 2.05) is 36.4 Å². The molecule has 24 heavy (non-hydrogen) atoms. The Kier molecular flexibility index (Phi) is 3.81. The molecule has 0 fully saturated rings. The average Bonchev–Trinajstić information content (AvgIpc) is 2.98. The average molecular weight is 381 g/mol. The Hall–Kier alpha value is -2.27. The normalized spacial score (nSPS) is 12.8. The first-order chi connectivity index (χ1) is 11.7. The van der Waals surface area contributed by atoms with Crippen LogP contribution in [-0.2, 0) is 0 Å². The summed E-state index contributed by atoms with van der Waals surface area (Å²) in [5.41, 5.74) is 4.40. The minimum Gasteiger partial charge on any atom is -0.304 e. The molecule has 0 aliphatic carbocycles. The van der Waals surface area contributed by atoms with E-state index in [9.17, 15) is 0 Å². The first-order valence-corrected chi connectivity index (χ1v) is 8.87. The number of benzene rings is 2. The Labute approximate surface area is 148 Å². The van der Waals surface area contributed by atoms with Gasteiger partial charge >= 0.3 is 0 Å². The van der Waals surface area contributed by atoms with E-state index in [2.05, 4.69) is 46.5 Å². The second-order valence-corrected chi connectivity index (χ2v) is 6.84. The number of aromatic nitrogens is 4. The predicted molar refractivity (Wildman–Crippen MR) is 101 cm³/mol. The van der Waals surface area contributed by atoms with Crippen LogP contribution in [0, 0.1) is 0 Å². The van der Waals surface area contributed by atoms with E-state index < -0.39 is 0 Å². The van der Waals surface area contributed by atoms with Crippen LogP contribution in [0.2, 0.25) is 0 Å². The maximum Gasteiger partial charge on any atom is 0.198 e. The van der Waals surface area contributed by atoms with Crippen molar-refractivity contribution in [2.75, 3.05) is 0 Å². The molecule has 4 rings (SSSR count). The zero-order valence-electron chi connectivity index (χ0n) is 13.6. The number of imidazole rings is 1. The highest BCUT2D eigenvalue weighted by Gasteiger charge is 2.19. The van der Waals surface area contributed by atoms with Gasteiger partial charge in [0.05, 0.1) is 11.0 Å². The molecule has 0 saturated carbocycles. The van der Waals surface area contributed by atoms with E-state index >= 15 is 0 Å². The SMILES string of the molecule is CC[C@H](C)n1c(-c2ccc(Br)cc2)nc2nc3ccccc3nc21. The number of halogens is 1. The maximum absolute atomic E-state index is 4.84. The molecule has 2 heterocycles. The van der Waals surface area contributed by atoms with Crippen molar-refractivity contribution in [3.63, 3.8) is 0 Å². The van der Waals surface area contributed by atoms with Gasteiger partial charge in [0.2, 0.25) is 0 Å². The van der Waals surface area contributed by atoms with Crippen LogP contribution in [0.4, 0.5) is 0 Å². The molecule has 4 nitrogen and oxygen atoms in total. The second-order valence-electron chi connectivity index (χ2n) is 5.93. The van der Waals surface area contributed by atoms with Gasteiger partial charge in [-0.25, -0.2) is 15.0 Å². The Morgan fingerprint density at radius 2 is 1.62 bits per heavy atom. The third-order valence-corrected chi connectivity index (χ3v) is 4.87. The van der Waals surface area contributed by atoms with Gasteiger partial charge in [-0.2, -0.15) is 0 Å². The molecule has 2 aromatic carbocycles. The van der Waals surface area contributed by atoms with Crippen LogP contribution < -0.4 is 0 Å². The molecule has 0 bridgehead atoms. The molecule has 0 radical (unpaired) electrons. The summed E-state index contributed by atoms with van der Waals surface area (Å²) in [6.45, 7) is 4.37. The Morgan fingerprint density at radius 1 is 0.958 bits per heavy atom. The number of hydrogen-bond acceptors (Lipinski definition) is 3. The number of nitrogens with zero attached hydrogens (tertiary/aromatic N) is 4. The number of fused-ring (bicyclic) bond motifs is 2. The predicted octanol–water partition coefficient (Wildman–Crippen LogP) is 5.38. The summed E-state index contributed by atoms with van der Waals surface area (Å²) in [5.74, 6) is 0.919. The number of hydrogen-bond donors (Lipinski definition) is 0. The van der Waals surface area contributed by atoms with Crippen molar-refractivity contribution in [3.05, 3.63) is 53.0 Å². The third-order valence-electron chi connectivity index (χ3n) is 4.34. The Balaban J connectivity index is 2.04. The topological polar surface area (TPSA) is 43.6 Å². The van der Waals surface area contributed by atoms with Gasteiger partial charge in [0.1, 0.15) is 5.82 Å². The molecule has 0 unspecified atom stereocenters. The first kappa shape index (κ1) is 15.3. The lowest BCUT2D eigenvalue weighted by atomic mass is 10.2. The van der Waals surface area contributed by atoms with Gasteiger partial charge in [-0.15, -0.1) is 0 Å². The lowest BCUT2D eigenvalue weighted by molar-refractivity contribution is 0.547. The van der Waals surface area contributed by atoms with Crippen molar-refractivity contribution in [2.45, 2.75) is 26.3 Å². The summed E-state index contributed by atoms with van der Waals surface area (Å²) >= 11 is 3.49. The molecule has 0 aliphatic rings. The largest absolute Gasteiger partial charge is 0.304 e. The van der Waals surface area contributed by atoms with Crippen LogP contribution in [0.25, 0.3) is 33.7 Å². The molecule has 0 amide bonds. The highest BCUT2D eigenvalue weighted by Crippen LogP contribution is 2.29. The molecule has 120 valence electrons. The van der Waals surface area contributed by atoms with Gasteiger partial charge in [0.15, 0.2) is 11.3 Å². The molecule has 0 N–H and O–H groups in total. The highest BCUT2D eigenvalue weighted by atomic mass is 79.9. The van der Waals surface area contributed by atoms with Crippen LogP contribution in [-0.4, -0.2) is 19.5 Å². The molecule has 0 spiro atoms. The van der Waals surface area contributed by atoms with Gasteiger partial charge in [-0.1, -0.05) is 47.1 Å². The van der Waals surface area contributed by atoms with E-state index in [4.69, 9.17) is 15.0 Å². The van der Waals surface area contributed by atoms with Crippen LogP contribution in [0.1, 0.15) is 26.3 Å². The van der Waals surface area contributed by atoms with Gasteiger partial charge in [0, 0.05) is 16.1 Å². The summed E-state index contributed by atoms with van der Waals surface area (Å²) in [7, 11) is 0. The van der Waals surface area contributed by atoms with Gasteiger partial charge in [-0.3, -0.25) is 0 Å². The summed E-state index contributed by atoms with van der Waals surface area (Å²) in [5, 5.41) is 0. The Bertz CT molecular complexity index is 1020. The molecular weight excluding hydrogens is 364 g/mol. The number of rotatable bonds is 3. The van der Waals surface area contributed by atoms with Crippen LogP contribution in [0.3, 0.4) is 0 Å². The molecular formula is C19H17BrN4. The summed E-state index contributed by atoms with van der Waals surface area (Å²) in [4.78, 5) is 14.4. The van der Waals surface area contributed by atoms with E-state index in [1.165, 1.54) is 0 Å². The quantitative estimate of drug-likeness (QED) is 0.479. The van der Waals surface area contributed by atoms with Crippen molar-refractivity contribution < 1.29 is 0 Å². The lowest BCUT2D eigenvalue weighted by Gasteiger charge is -2.15. The van der Waals surface area contributed by atoms with Crippen LogP contribution in [0.15, 0.2) is 53.0 Å². The van der Waals surface area contributed by atoms with Crippen molar-refractivity contribution in [2.24, 2.45) is 0 Å². The zero-order valence-corrected chi connectivity index (χ0v) is 15.2. The van der Waals surface area contributed by atoms with E-state index in [1.54, 1.807) is 0 Å². The molecule has 5 heteroatoms. The zero-order chi connectivity index (χ0) is 16.7. The highest BCUT2D eigenvalue weighted by molar-refractivity contribution is 9.10. The standard InChI is InChI=1S/C19H17BrN4/c1-3-12(2)24-18(13-8-10-14(20)11-9-13)23-17-19(24)22-16-7-5-4-6-15(16)21-17/h4-12H,3H2,1-2H3/t12-/m0/s1. The van der Waals surface area contributed by atoms with E-state index in [-0.39, 0.29) is 0 Å².